The molecule has 0 spiro atoms. The maximum absolute atomic E-state index is 12.5. The molecule has 2 heterocycles. The fraction of sp³-hybridized carbons (Fsp3) is 0.286. The van der Waals surface area contributed by atoms with Gasteiger partial charge in [0.05, 0.1) is 13.0 Å². The summed E-state index contributed by atoms with van der Waals surface area (Å²) >= 11 is 0. The highest BCUT2D eigenvalue weighted by molar-refractivity contribution is 5.78. The van der Waals surface area contributed by atoms with E-state index < -0.39 is 17.4 Å². The predicted molar refractivity (Wildman–Crippen MR) is 74.4 cm³/mol. The first-order chi connectivity index (χ1) is 10.9. The summed E-state index contributed by atoms with van der Waals surface area (Å²) in [5, 5.41) is 5.76. The Balaban J connectivity index is 1.91. The van der Waals surface area contributed by atoms with Gasteiger partial charge < -0.3 is 5.32 Å². The zero-order valence-corrected chi connectivity index (χ0v) is 11.9. The standard InChI is InChI=1S/C14H13F3N4O2/c15-14(16,17)11-3-4-13(23)21(20-11)7-6-19-12(22)8-10-2-1-5-18-9-10/h1-5,9H,6-8H2,(H,19,22). The Morgan fingerprint density at radius 1 is 1.26 bits per heavy atom. The smallest absolute Gasteiger partial charge is 0.354 e. The quantitative estimate of drug-likeness (QED) is 0.890. The number of carbonyl (C=O) groups is 1. The van der Waals surface area contributed by atoms with Gasteiger partial charge in [0.25, 0.3) is 5.56 Å². The number of hydrogen-bond donors (Lipinski definition) is 1. The van der Waals surface area contributed by atoms with Crippen molar-refractivity contribution in [2.45, 2.75) is 19.1 Å². The van der Waals surface area contributed by atoms with E-state index in [2.05, 4.69) is 15.4 Å². The molecule has 23 heavy (non-hydrogen) atoms. The van der Waals surface area contributed by atoms with Crippen molar-refractivity contribution >= 4 is 5.91 Å². The number of aromatic nitrogens is 3. The minimum absolute atomic E-state index is 0.00663. The highest BCUT2D eigenvalue weighted by Gasteiger charge is 2.33. The fourth-order valence-electron chi connectivity index (χ4n) is 1.81. The molecule has 0 aliphatic heterocycles. The van der Waals surface area contributed by atoms with Crippen molar-refractivity contribution in [1.29, 1.82) is 0 Å². The highest BCUT2D eigenvalue weighted by atomic mass is 19.4. The summed E-state index contributed by atoms with van der Waals surface area (Å²) < 4.78 is 38.3. The van der Waals surface area contributed by atoms with Crippen LogP contribution in [0.25, 0.3) is 0 Å². The van der Waals surface area contributed by atoms with Crippen LogP contribution in [0.5, 0.6) is 0 Å². The van der Waals surface area contributed by atoms with Crippen LogP contribution in [0.1, 0.15) is 11.3 Å². The van der Waals surface area contributed by atoms with Gasteiger partial charge in [0.1, 0.15) is 0 Å². The lowest BCUT2D eigenvalue weighted by atomic mass is 10.2. The molecule has 0 aliphatic rings. The van der Waals surface area contributed by atoms with Crippen molar-refractivity contribution in [3.63, 3.8) is 0 Å². The van der Waals surface area contributed by atoms with Gasteiger partial charge in [0.2, 0.25) is 5.91 Å². The maximum atomic E-state index is 12.5. The lowest BCUT2D eigenvalue weighted by Gasteiger charge is -2.10. The van der Waals surface area contributed by atoms with E-state index in [1.54, 1.807) is 24.5 Å². The van der Waals surface area contributed by atoms with Crippen molar-refractivity contribution < 1.29 is 18.0 Å². The molecule has 0 bridgehead atoms. The van der Waals surface area contributed by atoms with E-state index in [1.165, 1.54) is 0 Å². The van der Waals surface area contributed by atoms with E-state index >= 15 is 0 Å². The molecule has 0 radical (unpaired) electrons. The van der Waals surface area contributed by atoms with Crippen molar-refractivity contribution in [3.05, 3.63) is 58.3 Å². The lowest BCUT2D eigenvalue weighted by Crippen LogP contribution is -2.33. The lowest BCUT2D eigenvalue weighted by molar-refractivity contribution is -0.142. The minimum atomic E-state index is -4.63. The number of rotatable bonds is 5. The van der Waals surface area contributed by atoms with Gasteiger partial charge in [-0.3, -0.25) is 14.6 Å². The summed E-state index contributed by atoms with van der Waals surface area (Å²) in [4.78, 5) is 27.0. The Bertz CT molecular complexity index is 729. The number of alkyl halides is 3. The number of hydrogen-bond acceptors (Lipinski definition) is 4. The average molecular weight is 326 g/mol. The molecule has 2 aromatic heterocycles. The zero-order valence-electron chi connectivity index (χ0n) is 11.9. The van der Waals surface area contributed by atoms with Crippen molar-refractivity contribution in [2.75, 3.05) is 6.54 Å². The van der Waals surface area contributed by atoms with Gasteiger partial charge in [-0.15, -0.1) is 0 Å². The molecule has 1 amide bonds. The second kappa shape index (κ2) is 7.03. The molecular formula is C14H13F3N4O2. The summed E-state index contributed by atoms with van der Waals surface area (Å²) in [6, 6.07) is 4.84. The molecule has 6 nitrogen and oxygen atoms in total. The number of pyridine rings is 1. The van der Waals surface area contributed by atoms with E-state index in [0.29, 0.717) is 16.3 Å². The van der Waals surface area contributed by atoms with Crippen LogP contribution in [0.2, 0.25) is 0 Å². The average Bonchev–Trinajstić information content (AvgIpc) is 2.49. The van der Waals surface area contributed by atoms with Crippen LogP contribution < -0.4 is 10.9 Å². The number of carbonyl (C=O) groups excluding carboxylic acids is 1. The summed E-state index contributed by atoms with van der Waals surface area (Å²) in [5.41, 5.74) is -1.11. The molecule has 2 rings (SSSR count). The maximum Gasteiger partial charge on any atom is 0.435 e. The fourth-order valence-corrected chi connectivity index (χ4v) is 1.81. The van der Waals surface area contributed by atoms with Gasteiger partial charge in [-0.1, -0.05) is 6.07 Å². The normalized spacial score (nSPS) is 11.3. The van der Waals surface area contributed by atoms with Crippen LogP contribution in [0.15, 0.2) is 41.5 Å². The molecule has 2 aromatic rings. The third-order valence-electron chi connectivity index (χ3n) is 2.89. The van der Waals surface area contributed by atoms with E-state index in [9.17, 15) is 22.8 Å². The number of nitrogens with zero attached hydrogens (tertiary/aromatic N) is 3. The summed E-state index contributed by atoms with van der Waals surface area (Å²) in [7, 11) is 0. The number of amides is 1. The van der Waals surface area contributed by atoms with Gasteiger partial charge in [-0.05, 0) is 17.7 Å². The molecule has 0 aromatic carbocycles. The Kier molecular flexibility index (Phi) is 5.09. The largest absolute Gasteiger partial charge is 0.435 e. The molecule has 1 N–H and O–H groups in total. The van der Waals surface area contributed by atoms with Crippen molar-refractivity contribution in [1.82, 2.24) is 20.1 Å². The topological polar surface area (TPSA) is 76.9 Å². The Morgan fingerprint density at radius 3 is 2.70 bits per heavy atom. The molecule has 0 unspecified atom stereocenters. The first kappa shape index (κ1) is 16.7. The summed E-state index contributed by atoms with van der Waals surface area (Å²) in [6.45, 7) is -0.158. The van der Waals surface area contributed by atoms with E-state index in [1.807, 2.05) is 0 Å². The summed E-state index contributed by atoms with van der Waals surface area (Å²) in [6.07, 6.45) is -1.41. The first-order valence-electron chi connectivity index (χ1n) is 6.67. The number of nitrogens with one attached hydrogen (secondary N) is 1. The van der Waals surface area contributed by atoms with Crippen molar-refractivity contribution in [2.24, 2.45) is 0 Å². The molecule has 0 atom stereocenters. The SMILES string of the molecule is O=C(Cc1cccnc1)NCCn1nc(C(F)(F)F)ccc1=O. The van der Waals surface area contributed by atoms with E-state index in [-0.39, 0.29) is 25.4 Å². The third-order valence-corrected chi connectivity index (χ3v) is 2.89. The molecule has 122 valence electrons. The van der Waals surface area contributed by atoms with E-state index in [4.69, 9.17) is 0 Å². The van der Waals surface area contributed by atoms with Crippen LogP contribution in [-0.2, 0) is 23.9 Å². The molecular weight excluding hydrogens is 313 g/mol. The number of halogens is 3. The van der Waals surface area contributed by atoms with Crippen LogP contribution in [0, 0.1) is 0 Å². The van der Waals surface area contributed by atoms with Crippen molar-refractivity contribution in [3.8, 4) is 0 Å². The molecule has 9 heteroatoms. The van der Waals surface area contributed by atoms with Crippen LogP contribution >= 0.6 is 0 Å². The van der Waals surface area contributed by atoms with Crippen LogP contribution in [0.4, 0.5) is 13.2 Å². The Morgan fingerprint density at radius 2 is 2.04 bits per heavy atom. The van der Waals surface area contributed by atoms with Gasteiger partial charge in [-0.2, -0.15) is 18.3 Å². The predicted octanol–water partition coefficient (Wildman–Crippen LogP) is 1.02. The highest BCUT2D eigenvalue weighted by Crippen LogP contribution is 2.26. The monoisotopic (exact) mass is 326 g/mol. The molecule has 0 saturated heterocycles. The van der Waals surface area contributed by atoms with Gasteiger partial charge in [-0.25, -0.2) is 4.68 Å². The minimum Gasteiger partial charge on any atom is -0.354 e. The second-order valence-corrected chi connectivity index (χ2v) is 4.67. The zero-order chi connectivity index (χ0) is 16.9. The van der Waals surface area contributed by atoms with Gasteiger partial charge >= 0.3 is 6.18 Å². The summed E-state index contributed by atoms with van der Waals surface area (Å²) in [5.74, 6) is -0.321. The third kappa shape index (κ3) is 4.90. The Hall–Kier alpha value is -2.71. The van der Waals surface area contributed by atoms with Crippen LogP contribution in [-0.4, -0.2) is 27.2 Å². The Labute approximate surface area is 129 Å². The van der Waals surface area contributed by atoms with E-state index in [0.717, 1.165) is 6.07 Å². The molecule has 0 fully saturated rings. The van der Waals surface area contributed by atoms with Crippen LogP contribution in [0.3, 0.4) is 0 Å². The second-order valence-electron chi connectivity index (χ2n) is 4.67. The van der Waals surface area contributed by atoms with Gasteiger partial charge in [0, 0.05) is 25.0 Å². The first-order valence-corrected chi connectivity index (χ1v) is 6.67. The molecule has 0 saturated carbocycles. The van der Waals surface area contributed by atoms with Gasteiger partial charge in [0.15, 0.2) is 5.69 Å². The molecule has 0 aliphatic carbocycles.